The monoisotopic (exact) mass is 281 g/mol. The number of carbonyl (C=O) groups excluding carboxylic acids is 1. The molecule has 0 saturated carbocycles. The van der Waals surface area contributed by atoms with Crippen molar-refractivity contribution in [3.8, 4) is 0 Å². The Morgan fingerprint density at radius 1 is 1.22 bits per heavy atom. The van der Waals surface area contributed by atoms with Crippen molar-refractivity contribution in [2.45, 2.75) is 6.92 Å². The number of aromatic nitrogens is 2. The fourth-order valence-electron chi connectivity index (χ4n) is 1.40. The number of halogens is 2. The van der Waals surface area contributed by atoms with E-state index < -0.39 is 0 Å². The van der Waals surface area contributed by atoms with E-state index in [1.54, 1.807) is 18.3 Å². The molecule has 0 atom stereocenters. The number of nitrogens with zero attached hydrogens (tertiary/aromatic N) is 2. The van der Waals surface area contributed by atoms with Gasteiger partial charge in [-0.1, -0.05) is 23.2 Å². The molecule has 2 rings (SSSR count). The van der Waals surface area contributed by atoms with Gasteiger partial charge < -0.3 is 5.32 Å². The van der Waals surface area contributed by atoms with Crippen molar-refractivity contribution in [2.75, 3.05) is 5.32 Å². The maximum Gasteiger partial charge on any atom is 0.255 e. The number of carbonyl (C=O) groups is 1. The van der Waals surface area contributed by atoms with E-state index in [1.165, 1.54) is 12.3 Å². The smallest absolute Gasteiger partial charge is 0.255 e. The lowest BCUT2D eigenvalue weighted by atomic mass is 10.2. The number of nitrogens with one attached hydrogen (secondary N) is 1. The largest absolute Gasteiger partial charge is 0.319 e. The summed E-state index contributed by atoms with van der Waals surface area (Å²) in [4.78, 5) is 19.7. The van der Waals surface area contributed by atoms with Crippen LogP contribution in [0.15, 0.2) is 30.6 Å². The third kappa shape index (κ3) is 2.78. The number of amides is 1. The summed E-state index contributed by atoms with van der Waals surface area (Å²) < 4.78 is 0. The van der Waals surface area contributed by atoms with Crippen LogP contribution in [0.25, 0.3) is 0 Å². The van der Waals surface area contributed by atoms with E-state index in [0.717, 1.165) is 5.56 Å². The van der Waals surface area contributed by atoms with Gasteiger partial charge in [-0.3, -0.25) is 4.79 Å². The van der Waals surface area contributed by atoms with Gasteiger partial charge in [0.05, 0.1) is 5.69 Å². The van der Waals surface area contributed by atoms with Gasteiger partial charge >= 0.3 is 0 Å². The molecular formula is C12H9Cl2N3O. The number of hydrogen-bond acceptors (Lipinski definition) is 3. The Hall–Kier alpha value is -1.65. The number of hydrogen-bond donors (Lipinski definition) is 1. The molecule has 0 radical (unpaired) electrons. The van der Waals surface area contributed by atoms with Crippen molar-refractivity contribution >= 4 is 34.8 Å². The van der Waals surface area contributed by atoms with E-state index in [1.807, 2.05) is 6.92 Å². The fourth-order valence-corrected chi connectivity index (χ4v) is 1.83. The molecular weight excluding hydrogens is 273 g/mol. The first kappa shape index (κ1) is 12.8. The summed E-state index contributed by atoms with van der Waals surface area (Å²) in [5, 5.41) is 3.22. The van der Waals surface area contributed by atoms with Crippen LogP contribution >= 0.6 is 23.2 Å². The number of anilines is 1. The molecule has 0 aliphatic rings. The van der Waals surface area contributed by atoms with Crippen LogP contribution in [0.3, 0.4) is 0 Å². The van der Waals surface area contributed by atoms with Gasteiger partial charge in [0, 0.05) is 18.0 Å². The summed E-state index contributed by atoms with van der Waals surface area (Å²) in [6, 6.07) is 4.82. The van der Waals surface area contributed by atoms with Crippen molar-refractivity contribution in [1.82, 2.24) is 9.97 Å². The Labute approximate surface area is 114 Å². The zero-order valence-electron chi connectivity index (χ0n) is 9.45. The number of aryl methyl sites for hydroxylation is 1. The van der Waals surface area contributed by atoms with Gasteiger partial charge in [-0.25, -0.2) is 9.97 Å². The lowest BCUT2D eigenvalue weighted by Gasteiger charge is -2.09. The molecule has 2 aromatic rings. The Bertz CT molecular complexity index is 581. The third-order valence-corrected chi connectivity index (χ3v) is 2.83. The highest BCUT2D eigenvalue weighted by Crippen LogP contribution is 2.23. The second-order valence-electron chi connectivity index (χ2n) is 3.62. The zero-order chi connectivity index (χ0) is 13.1. The highest BCUT2D eigenvalue weighted by atomic mass is 35.5. The van der Waals surface area contributed by atoms with Gasteiger partial charge in [0.15, 0.2) is 5.15 Å². The van der Waals surface area contributed by atoms with Crippen LogP contribution in [0.2, 0.25) is 10.3 Å². The van der Waals surface area contributed by atoms with Crippen LogP contribution in [-0.2, 0) is 0 Å². The molecule has 4 nitrogen and oxygen atoms in total. The summed E-state index contributed by atoms with van der Waals surface area (Å²) in [5.41, 5.74) is 1.75. The SMILES string of the molecule is Cc1ccnc(Cl)c1NC(=O)c1ccnc(Cl)c1. The second kappa shape index (κ2) is 5.33. The summed E-state index contributed by atoms with van der Waals surface area (Å²) in [5.74, 6) is -0.308. The third-order valence-electron chi connectivity index (χ3n) is 2.34. The van der Waals surface area contributed by atoms with Crippen LogP contribution < -0.4 is 5.32 Å². The molecule has 92 valence electrons. The normalized spacial score (nSPS) is 10.2. The minimum atomic E-state index is -0.308. The summed E-state index contributed by atoms with van der Waals surface area (Å²) in [7, 11) is 0. The Balaban J connectivity index is 2.27. The first-order valence-corrected chi connectivity index (χ1v) is 5.87. The molecule has 0 unspecified atom stereocenters. The maximum absolute atomic E-state index is 12.0. The average Bonchev–Trinajstić information content (AvgIpc) is 2.34. The van der Waals surface area contributed by atoms with Gasteiger partial charge in [0.2, 0.25) is 0 Å². The minimum Gasteiger partial charge on any atom is -0.319 e. The highest BCUT2D eigenvalue weighted by Gasteiger charge is 2.11. The zero-order valence-corrected chi connectivity index (χ0v) is 11.0. The predicted molar refractivity (Wildman–Crippen MR) is 71.2 cm³/mol. The van der Waals surface area contributed by atoms with Crippen molar-refractivity contribution in [3.63, 3.8) is 0 Å². The predicted octanol–water partition coefficient (Wildman–Crippen LogP) is 3.34. The second-order valence-corrected chi connectivity index (χ2v) is 4.36. The fraction of sp³-hybridized carbons (Fsp3) is 0.0833. The van der Waals surface area contributed by atoms with Gasteiger partial charge in [0.25, 0.3) is 5.91 Å². The highest BCUT2D eigenvalue weighted by molar-refractivity contribution is 6.33. The molecule has 0 saturated heterocycles. The first-order chi connectivity index (χ1) is 8.58. The summed E-state index contributed by atoms with van der Waals surface area (Å²) in [6.45, 7) is 1.84. The molecule has 2 aromatic heterocycles. The van der Waals surface area contributed by atoms with E-state index in [4.69, 9.17) is 23.2 Å². The minimum absolute atomic E-state index is 0.253. The van der Waals surface area contributed by atoms with E-state index >= 15 is 0 Å². The van der Waals surface area contributed by atoms with Crippen molar-refractivity contribution in [2.24, 2.45) is 0 Å². The molecule has 0 aliphatic heterocycles. The molecule has 0 fully saturated rings. The van der Waals surface area contributed by atoms with E-state index in [-0.39, 0.29) is 16.2 Å². The van der Waals surface area contributed by atoms with Crippen molar-refractivity contribution in [1.29, 1.82) is 0 Å². The van der Waals surface area contributed by atoms with Crippen LogP contribution in [0.5, 0.6) is 0 Å². The van der Waals surface area contributed by atoms with Crippen LogP contribution in [0.4, 0.5) is 5.69 Å². The quantitative estimate of drug-likeness (QED) is 0.859. The molecule has 2 heterocycles. The lowest BCUT2D eigenvalue weighted by molar-refractivity contribution is 0.102. The lowest BCUT2D eigenvalue weighted by Crippen LogP contribution is -2.13. The average molecular weight is 282 g/mol. The molecule has 6 heteroatoms. The van der Waals surface area contributed by atoms with Gasteiger partial charge in [-0.15, -0.1) is 0 Å². The van der Waals surface area contributed by atoms with E-state index in [9.17, 15) is 4.79 Å². The number of rotatable bonds is 2. The molecule has 0 aromatic carbocycles. The van der Waals surface area contributed by atoms with Gasteiger partial charge in [-0.2, -0.15) is 0 Å². The Morgan fingerprint density at radius 3 is 2.61 bits per heavy atom. The Kier molecular flexibility index (Phi) is 3.79. The van der Waals surface area contributed by atoms with Crippen LogP contribution in [0.1, 0.15) is 15.9 Å². The van der Waals surface area contributed by atoms with Crippen LogP contribution in [-0.4, -0.2) is 15.9 Å². The molecule has 0 bridgehead atoms. The molecule has 1 N–H and O–H groups in total. The molecule has 0 spiro atoms. The van der Waals surface area contributed by atoms with E-state index in [2.05, 4.69) is 15.3 Å². The topological polar surface area (TPSA) is 54.9 Å². The van der Waals surface area contributed by atoms with E-state index in [0.29, 0.717) is 11.3 Å². The molecule has 18 heavy (non-hydrogen) atoms. The van der Waals surface area contributed by atoms with Gasteiger partial charge in [-0.05, 0) is 30.7 Å². The van der Waals surface area contributed by atoms with Crippen molar-refractivity contribution < 1.29 is 4.79 Å². The van der Waals surface area contributed by atoms with Crippen LogP contribution in [0, 0.1) is 6.92 Å². The Morgan fingerprint density at radius 2 is 1.94 bits per heavy atom. The maximum atomic E-state index is 12.0. The number of pyridine rings is 2. The standard InChI is InChI=1S/C12H9Cl2N3O/c1-7-2-4-16-11(14)10(7)17-12(18)8-3-5-15-9(13)6-8/h2-6H,1H3,(H,17,18). The van der Waals surface area contributed by atoms with Crippen molar-refractivity contribution in [3.05, 3.63) is 52.0 Å². The van der Waals surface area contributed by atoms with Gasteiger partial charge in [0.1, 0.15) is 5.15 Å². The summed E-state index contributed by atoms with van der Waals surface area (Å²) in [6.07, 6.45) is 3.05. The summed E-state index contributed by atoms with van der Waals surface area (Å²) >= 11 is 11.7. The first-order valence-electron chi connectivity index (χ1n) is 5.12. The molecule has 0 aliphatic carbocycles. The molecule has 1 amide bonds.